The summed E-state index contributed by atoms with van der Waals surface area (Å²) in [6.45, 7) is 3.23. The molecule has 1 unspecified atom stereocenters. The number of hydrogen-bond acceptors (Lipinski definition) is 7. The first-order valence-corrected chi connectivity index (χ1v) is 9.99. The maximum absolute atomic E-state index is 6.33. The summed E-state index contributed by atoms with van der Waals surface area (Å²) in [6.07, 6.45) is 2.32. The molecule has 1 atom stereocenters. The molecule has 0 aliphatic carbocycles. The molecule has 1 aromatic heterocycles. The van der Waals surface area contributed by atoms with E-state index in [4.69, 9.17) is 21.1 Å². The standard InChI is InChI=1S/C18H23ClN4O2S/c1-22(2)18-21-17(19)16(26-18)10-23-7-3-4-13(9-23)20-12-5-6-14-15(8-12)25-11-24-14/h5-6,8,13,20H,3-4,7,9-11H2,1-2H3. The third kappa shape index (κ3) is 3.84. The second kappa shape index (κ2) is 7.50. The van der Waals surface area contributed by atoms with Crippen molar-refractivity contribution in [2.75, 3.05) is 44.2 Å². The molecular formula is C18H23ClN4O2S. The number of fused-ring (bicyclic) bond motifs is 1. The molecule has 8 heteroatoms. The molecule has 1 saturated heterocycles. The Morgan fingerprint density at radius 1 is 1.35 bits per heavy atom. The van der Waals surface area contributed by atoms with Gasteiger partial charge in [0.2, 0.25) is 6.79 Å². The number of nitrogens with one attached hydrogen (secondary N) is 1. The first-order chi connectivity index (χ1) is 12.6. The smallest absolute Gasteiger partial charge is 0.231 e. The zero-order chi connectivity index (χ0) is 18.1. The predicted octanol–water partition coefficient (Wildman–Crippen LogP) is 3.67. The van der Waals surface area contributed by atoms with Crippen LogP contribution in [0.25, 0.3) is 0 Å². The van der Waals surface area contributed by atoms with Gasteiger partial charge in [0, 0.05) is 45.0 Å². The molecule has 2 aliphatic rings. The van der Waals surface area contributed by atoms with Gasteiger partial charge in [0.25, 0.3) is 0 Å². The lowest BCUT2D eigenvalue weighted by atomic mass is 10.1. The summed E-state index contributed by atoms with van der Waals surface area (Å²) in [4.78, 5) is 10.0. The molecule has 0 spiro atoms. The van der Waals surface area contributed by atoms with Gasteiger partial charge in [0.1, 0.15) is 5.15 Å². The van der Waals surface area contributed by atoms with Gasteiger partial charge in [-0.3, -0.25) is 4.90 Å². The summed E-state index contributed by atoms with van der Waals surface area (Å²) in [6, 6.07) is 6.44. The van der Waals surface area contributed by atoms with Crippen LogP contribution in [0.5, 0.6) is 11.5 Å². The number of anilines is 2. The molecule has 140 valence electrons. The van der Waals surface area contributed by atoms with Crippen molar-refractivity contribution < 1.29 is 9.47 Å². The highest BCUT2D eigenvalue weighted by Gasteiger charge is 2.23. The third-order valence-corrected chi connectivity index (χ3v) is 6.27. The molecule has 2 aliphatic heterocycles. The molecule has 1 aromatic carbocycles. The molecular weight excluding hydrogens is 372 g/mol. The number of thiazole rings is 1. The van der Waals surface area contributed by atoms with Gasteiger partial charge in [-0.1, -0.05) is 22.9 Å². The Labute approximate surface area is 162 Å². The van der Waals surface area contributed by atoms with Crippen molar-refractivity contribution in [3.8, 4) is 11.5 Å². The van der Waals surface area contributed by atoms with E-state index in [0.29, 0.717) is 18.0 Å². The van der Waals surface area contributed by atoms with Crippen LogP contribution in [0.15, 0.2) is 18.2 Å². The van der Waals surface area contributed by atoms with E-state index in [1.807, 2.05) is 31.1 Å². The topological polar surface area (TPSA) is 49.9 Å². The number of piperidine rings is 1. The molecule has 4 rings (SSSR count). The molecule has 0 amide bonds. The van der Waals surface area contributed by atoms with E-state index in [9.17, 15) is 0 Å². The van der Waals surface area contributed by atoms with Gasteiger partial charge in [-0.05, 0) is 31.5 Å². The van der Waals surface area contributed by atoms with Crippen molar-refractivity contribution in [3.63, 3.8) is 0 Å². The lowest BCUT2D eigenvalue weighted by Crippen LogP contribution is -2.41. The maximum atomic E-state index is 6.33. The fraction of sp³-hybridized carbons (Fsp3) is 0.500. The number of benzene rings is 1. The fourth-order valence-corrected chi connectivity index (χ4v) is 4.57. The highest BCUT2D eigenvalue weighted by atomic mass is 35.5. The lowest BCUT2D eigenvalue weighted by Gasteiger charge is -2.33. The Bertz CT molecular complexity index is 783. The molecule has 0 saturated carbocycles. The van der Waals surface area contributed by atoms with Gasteiger partial charge in [-0.15, -0.1) is 0 Å². The largest absolute Gasteiger partial charge is 0.454 e. The highest BCUT2D eigenvalue weighted by molar-refractivity contribution is 7.16. The fourth-order valence-electron chi connectivity index (χ4n) is 3.35. The average molecular weight is 395 g/mol. The monoisotopic (exact) mass is 394 g/mol. The maximum Gasteiger partial charge on any atom is 0.231 e. The SMILES string of the molecule is CN(C)c1nc(Cl)c(CN2CCCC(Nc3ccc4c(c3)OCO4)C2)s1. The number of likely N-dealkylation sites (tertiary alicyclic amines) is 1. The number of nitrogens with zero attached hydrogens (tertiary/aromatic N) is 3. The van der Waals surface area contributed by atoms with E-state index < -0.39 is 0 Å². The zero-order valence-electron chi connectivity index (χ0n) is 15.0. The van der Waals surface area contributed by atoms with E-state index in [1.54, 1.807) is 11.3 Å². The van der Waals surface area contributed by atoms with Gasteiger partial charge in [-0.2, -0.15) is 0 Å². The van der Waals surface area contributed by atoms with Crippen LogP contribution in [0.4, 0.5) is 10.8 Å². The lowest BCUT2D eigenvalue weighted by molar-refractivity contribution is 0.174. The molecule has 3 heterocycles. The molecule has 1 N–H and O–H groups in total. The van der Waals surface area contributed by atoms with Crippen molar-refractivity contribution >= 4 is 33.8 Å². The Balaban J connectivity index is 1.38. The van der Waals surface area contributed by atoms with Crippen molar-refractivity contribution in [1.29, 1.82) is 0 Å². The average Bonchev–Trinajstić information content (AvgIpc) is 3.22. The van der Waals surface area contributed by atoms with Crippen LogP contribution in [-0.2, 0) is 6.54 Å². The minimum atomic E-state index is 0.306. The second-order valence-corrected chi connectivity index (χ2v) is 8.31. The molecule has 0 bridgehead atoms. The van der Waals surface area contributed by atoms with Crippen LogP contribution < -0.4 is 19.7 Å². The second-order valence-electron chi connectivity index (χ2n) is 6.89. The normalized spacial score (nSPS) is 19.6. The molecule has 2 aromatic rings. The molecule has 0 radical (unpaired) electrons. The Kier molecular flexibility index (Phi) is 5.11. The summed E-state index contributed by atoms with van der Waals surface area (Å²) in [5.41, 5.74) is 1.08. The summed E-state index contributed by atoms with van der Waals surface area (Å²) in [5, 5.41) is 5.22. The van der Waals surface area contributed by atoms with Crippen LogP contribution in [0.2, 0.25) is 5.15 Å². The van der Waals surface area contributed by atoms with E-state index in [0.717, 1.165) is 53.3 Å². The summed E-state index contributed by atoms with van der Waals surface area (Å²) in [5.74, 6) is 1.63. The van der Waals surface area contributed by atoms with Crippen LogP contribution >= 0.6 is 22.9 Å². The van der Waals surface area contributed by atoms with E-state index in [2.05, 4.69) is 21.3 Å². The van der Waals surface area contributed by atoms with E-state index >= 15 is 0 Å². The predicted molar refractivity (Wildman–Crippen MR) is 106 cm³/mol. The Morgan fingerprint density at radius 2 is 2.19 bits per heavy atom. The van der Waals surface area contributed by atoms with Crippen LogP contribution in [0.3, 0.4) is 0 Å². The Morgan fingerprint density at radius 3 is 3.00 bits per heavy atom. The number of hydrogen-bond donors (Lipinski definition) is 1. The van der Waals surface area contributed by atoms with Crippen molar-refractivity contribution in [2.24, 2.45) is 0 Å². The number of rotatable bonds is 5. The van der Waals surface area contributed by atoms with Gasteiger partial charge in [-0.25, -0.2) is 4.98 Å². The highest BCUT2D eigenvalue weighted by Crippen LogP contribution is 2.35. The quantitative estimate of drug-likeness (QED) is 0.835. The number of aromatic nitrogens is 1. The van der Waals surface area contributed by atoms with Gasteiger partial charge in [0.05, 0.1) is 4.88 Å². The van der Waals surface area contributed by atoms with Crippen molar-refractivity contribution in [2.45, 2.75) is 25.4 Å². The summed E-state index contributed by atoms with van der Waals surface area (Å²) >= 11 is 8.00. The first kappa shape index (κ1) is 17.7. The minimum absolute atomic E-state index is 0.306. The van der Waals surface area contributed by atoms with Crippen LogP contribution in [-0.4, -0.2) is 49.9 Å². The van der Waals surface area contributed by atoms with Gasteiger partial charge >= 0.3 is 0 Å². The number of ether oxygens (including phenoxy) is 2. The Hall–Kier alpha value is -1.70. The zero-order valence-corrected chi connectivity index (χ0v) is 16.6. The van der Waals surface area contributed by atoms with Crippen LogP contribution in [0, 0.1) is 0 Å². The first-order valence-electron chi connectivity index (χ1n) is 8.79. The van der Waals surface area contributed by atoms with Crippen molar-refractivity contribution in [1.82, 2.24) is 9.88 Å². The van der Waals surface area contributed by atoms with Gasteiger partial charge in [0.15, 0.2) is 16.6 Å². The molecule has 1 fully saturated rings. The van der Waals surface area contributed by atoms with E-state index in [1.165, 1.54) is 6.42 Å². The summed E-state index contributed by atoms with van der Waals surface area (Å²) in [7, 11) is 3.98. The van der Waals surface area contributed by atoms with Gasteiger partial charge < -0.3 is 19.7 Å². The molecule has 6 nitrogen and oxygen atoms in total. The molecule has 26 heavy (non-hydrogen) atoms. The summed E-state index contributed by atoms with van der Waals surface area (Å²) < 4.78 is 10.8. The van der Waals surface area contributed by atoms with Crippen LogP contribution in [0.1, 0.15) is 17.7 Å². The minimum Gasteiger partial charge on any atom is -0.454 e. The van der Waals surface area contributed by atoms with Crippen molar-refractivity contribution in [3.05, 3.63) is 28.2 Å². The number of halogens is 1. The van der Waals surface area contributed by atoms with E-state index in [-0.39, 0.29) is 0 Å². The third-order valence-electron chi connectivity index (χ3n) is 4.64.